The Kier molecular flexibility index (Phi) is 5.03. The topological polar surface area (TPSA) is 59.4 Å². The summed E-state index contributed by atoms with van der Waals surface area (Å²) in [5, 5.41) is 9.60. The molecule has 1 N–H and O–H groups in total. The van der Waals surface area contributed by atoms with E-state index >= 15 is 0 Å². The SMILES string of the molecule is CCOC(=O)Cc1c(I)cnc(C(F)F)c1O. The number of aromatic hydroxyl groups is 1. The molecule has 1 rings (SSSR count). The third-order valence-electron chi connectivity index (χ3n) is 1.97. The van der Waals surface area contributed by atoms with Crippen LogP contribution in [0.5, 0.6) is 5.75 Å². The molecule has 0 fully saturated rings. The van der Waals surface area contributed by atoms with Crippen molar-refractivity contribution in [2.24, 2.45) is 0 Å². The van der Waals surface area contributed by atoms with Crippen LogP contribution in [0.3, 0.4) is 0 Å². The van der Waals surface area contributed by atoms with Gasteiger partial charge in [0.2, 0.25) is 0 Å². The third kappa shape index (κ3) is 3.48. The minimum atomic E-state index is -2.88. The number of halogens is 3. The fourth-order valence-electron chi connectivity index (χ4n) is 1.22. The molecule has 0 aliphatic rings. The first-order chi connectivity index (χ1) is 7.97. The van der Waals surface area contributed by atoms with E-state index in [4.69, 9.17) is 4.74 Å². The quantitative estimate of drug-likeness (QED) is 0.664. The number of ether oxygens (including phenoxy) is 1. The van der Waals surface area contributed by atoms with Crippen LogP contribution in [0.25, 0.3) is 0 Å². The Balaban J connectivity index is 3.05. The summed E-state index contributed by atoms with van der Waals surface area (Å²) in [6.07, 6.45) is -1.94. The Morgan fingerprint density at radius 3 is 2.82 bits per heavy atom. The molecule has 1 aromatic heterocycles. The van der Waals surface area contributed by atoms with Crippen LogP contribution < -0.4 is 0 Å². The molecule has 17 heavy (non-hydrogen) atoms. The molecule has 4 nitrogen and oxygen atoms in total. The third-order valence-corrected chi connectivity index (χ3v) is 2.90. The molecule has 0 spiro atoms. The molecule has 1 aromatic rings. The molecule has 1 heterocycles. The van der Waals surface area contributed by atoms with Crippen molar-refractivity contribution in [3.63, 3.8) is 0 Å². The van der Waals surface area contributed by atoms with Gasteiger partial charge in [-0.3, -0.25) is 9.78 Å². The molecule has 0 aliphatic carbocycles. The summed E-state index contributed by atoms with van der Waals surface area (Å²) in [6, 6.07) is 0. The van der Waals surface area contributed by atoms with Crippen molar-refractivity contribution in [1.82, 2.24) is 4.98 Å². The fraction of sp³-hybridized carbons (Fsp3) is 0.400. The Bertz CT molecular complexity index is 426. The smallest absolute Gasteiger partial charge is 0.310 e. The molecule has 0 radical (unpaired) electrons. The number of pyridine rings is 1. The fourth-order valence-corrected chi connectivity index (χ4v) is 1.80. The lowest BCUT2D eigenvalue weighted by Gasteiger charge is -2.10. The highest BCUT2D eigenvalue weighted by molar-refractivity contribution is 14.1. The van der Waals surface area contributed by atoms with Gasteiger partial charge in [0.25, 0.3) is 6.43 Å². The van der Waals surface area contributed by atoms with E-state index in [1.807, 2.05) is 22.6 Å². The van der Waals surface area contributed by atoms with Gasteiger partial charge in [0.05, 0.1) is 13.0 Å². The van der Waals surface area contributed by atoms with Crippen LogP contribution in [-0.4, -0.2) is 22.7 Å². The van der Waals surface area contributed by atoms with Crippen molar-refractivity contribution < 1.29 is 23.4 Å². The predicted octanol–water partition coefficient (Wildman–Crippen LogP) is 2.44. The maximum atomic E-state index is 12.5. The summed E-state index contributed by atoms with van der Waals surface area (Å²) >= 11 is 1.81. The zero-order chi connectivity index (χ0) is 13.0. The van der Waals surface area contributed by atoms with Gasteiger partial charge in [-0.15, -0.1) is 0 Å². The maximum Gasteiger partial charge on any atom is 0.310 e. The monoisotopic (exact) mass is 357 g/mol. The number of carbonyl (C=O) groups is 1. The zero-order valence-corrected chi connectivity index (χ0v) is 11.1. The van der Waals surface area contributed by atoms with E-state index in [2.05, 4.69) is 4.98 Å². The molecule has 0 atom stereocenters. The molecule has 0 aromatic carbocycles. The molecule has 0 unspecified atom stereocenters. The summed E-state index contributed by atoms with van der Waals surface area (Å²) in [4.78, 5) is 14.7. The lowest BCUT2D eigenvalue weighted by Crippen LogP contribution is -2.10. The lowest BCUT2D eigenvalue weighted by molar-refractivity contribution is -0.142. The van der Waals surface area contributed by atoms with Crippen LogP contribution >= 0.6 is 22.6 Å². The van der Waals surface area contributed by atoms with Crippen LogP contribution in [0.4, 0.5) is 8.78 Å². The first-order valence-electron chi connectivity index (χ1n) is 4.77. The summed E-state index contributed by atoms with van der Waals surface area (Å²) in [6.45, 7) is 1.84. The van der Waals surface area contributed by atoms with Crippen molar-refractivity contribution >= 4 is 28.6 Å². The average molecular weight is 357 g/mol. The Hall–Kier alpha value is -0.990. The van der Waals surface area contributed by atoms with E-state index in [1.54, 1.807) is 6.92 Å². The molecule has 7 heteroatoms. The largest absolute Gasteiger partial charge is 0.505 e. The number of nitrogens with zero attached hydrogens (tertiary/aromatic N) is 1. The number of aromatic nitrogens is 1. The minimum Gasteiger partial charge on any atom is -0.505 e. The predicted molar refractivity (Wildman–Crippen MR) is 63.9 cm³/mol. The zero-order valence-electron chi connectivity index (χ0n) is 8.91. The summed E-state index contributed by atoms with van der Waals surface area (Å²) in [5.74, 6) is -1.22. The molecule has 94 valence electrons. The van der Waals surface area contributed by atoms with Crippen LogP contribution in [-0.2, 0) is 16.0 Å². The van der Waals surface area contributed by atoms with Crippen molar-refractivity contribution in [2.75, 3.05) is 6.61 Å². The van der Waals surface area contributed by atoms with Crippen molar-refractivity contribution in [3.8, 4) is 5.75 Å². The maximum absolute atomic E-state index is 12.5. The summed E-state index contributed by atoms with van der Waals surface area (Å²) in [5.41, 5.74) is -0.598. The van der Waals surface area contributed by atoms with E-state index < -0.39 is 23.8 Å². The van der Waals surface area contributed by atoms with Gasteiger partial charge < -0.3 is 9.84 Å². The average Bonchev–Trinajstić information content (AvgIpc) is 2.24. The number of carbonyl (C=O) groups excluding carboxylic acids is 1. The van der Waals surface area contributed by atoms with E-state index in [0.717, 1.165) is 0 Å². The highest BCUT2D eigenvalue weighted by Crippen LogP contribution is 2.32. The van der Waals surface area contributed by atoms with Gasteiger partial charge in [-0.1, -0.05) is 0 Å². The normalized spacial score (nSPS) is 10.6. The van der Waals surface area contributed by atoms with Crippen LogP contribution in [0.15, 0.2) is 6.20 Å². The summed E-state index contributed by atoms with van der Waals surface area (Å²) in [7, 11) is 0. The van der Waals surface area contributed by atoms with Gasteiger partial charge in [-0.25, -0.2) is 8.78 Å². The van der Waals surface area contributed by atoms with Crippen molar-refractivity contribution in [3.05, 3.63) is 21.0 Å². The highest BCUT2D eigenvalue weighted by Gasteiger charge is 2.21. The lowest BCUT2D eigenvalue weighted by atomic mass is 10.1. The summed E-state index contributed by atoms with van der Waals surface area (Å²) < 4.78 is 30.1. The number of rotatable bonds is 4. The standard InChI is InChI=1S/C10H10F2INO3/c1-2-17-7(15)3-5-6(13)4-14-8(9(5)16)10(11)12/h4,10,16H,2-3H2,1H3. The first kappa shape index (κ1) is 14.1. The molecule has 0 aliphatic heterocycles. The number of hydrogen-bond acceptors (Lipinski definition) is 4. The van der Waals surface area contributed by atoms with Gasteiger partial charge in [0.15, 0.2) is 0 Å². The molecule has 0 bridgehead atoms. The van der Waals surface area contributed by atoms with Crippen LogP contribution in [0.2, 0.25) is 0 Å². The second-order valence-electron chi connectivity index (χ2n) is 3.10. The Morgan fingerprint density at radius 1 is 1.65 bits per heavy atom. The van der Waals surface area contributed by atoms with Gasteiger partial charge in [0, 0.05) is 15.3 Å². The van der Waals surface area contributed by atoms with E-state index in [0.29, 0.717) is 3.57 Å². The van der Waals surface area contributed by atoms with E-state index in [-0.39, 0.29) is 18.6 Å². The molecule has 0 amide bonds. The van der Waals surface area contributed by atoms with Gasteiger partial charge >= 0.3 is 5.97 Å². The first-order valence-corrected chi connectivity index (χ1v) is 5.85. The Labute approximate surface area is 110 Å². The highest BCUT2D eigenvalue weighted by atomic mass is 127. The van der Waals surface area contributed by atoms with Gasteiger partial charge in [0.1, 0.15) is 11.4 Å². The van der Waals surface area contributed by atoms with Crippen molar-refractivity contribution in [2.45, 2.75) is 19.8 Å². The second kappa shape index (κ2) is 6.08. The van der Waals surface area contributed by atoms with Crippen LogP contribution in [0.1, 0.15) is 24.6 Å². The van der Waals surface area contributed by atoms with E-state index in [1.165, 1.54) is 6.20 Å². The van der Waals surface area contributed by atoms with E-state index in [9.17, 15) is 18.7 Å². The number of alkyl halides is 2. The minimum absolute atomic E-state index is 0.120. The van der Waals surface area contributed by atoms with Gasteiger partial charge in [-0.05, 0) is 29.5 Å². The molecule has 0 saturated heterocycles. The second-order valence-corrected chi connectivity index (χ2v) is 4.26. The molecular formula is C10H10F2INO3. The number of hydrogen-bond donors (Lipinski definition) is 1. The van der Waals surface area contributed by atoms with Gasteiger partial charge in [-0.2, -0.15) is 0 Å². The molecule has 0 saturated carbocycles. The molecular weight excluding hydrogens is 347 g/mol. The Morgan fingerprint density at radius 2 is 2.29 bits per heavy atom. The van der Waals surface area contributed by atoms with Crippen LogP contribution in [0, 0.1) is 3.57 Å². The van der Waals surface area contributed by atoms with Crippen molar-refractivity contribution in [1.29, 1.82) is 0 Å². The number of esters is 1.